The van der Waals surface area contributed by atoms with E-state index in [9.17, 15) is 0 Å². The molecule has 4 nitrogen and oxygen atoms in total. The lowest BCUT2D eigenvalue weighted by atomic mass is 10.1. The molecule has 1 aromatic carbocycles. The van der Waals surface area contributed by atoms with Gasteiger partial charge in [0.1, 0.15) is 0 Å². The minimum atomic E-state index is 0.696. The Bertz CT molecular complexity index is 391. The second kappa shape index (κ2) is 9.39. The molecule has 0 bridgehead atoms. The Kier molecular flexibility index (Phi) is 7.66. The molecule has 2 N–H and O–H groups in total. The molecule has 0 spiro atoms. The topological polar surface area (TPSA) is 45.7 Å². The van der Waals surface area contributed by atoms with Gasteiger partial charge in [0.05, 0.1) is 6.54 Å². The van der Waals surface area contributed by atoms with Crippen LogP contribution in [-0.4, -0.2) is 32.8 Å². The van der Waals surface area contributed by atoms with E-state index in [1.165, 1.54) is 11.1 Å². The lowest BCUT2D eigenvalue weighted by molar-refractivity contribution is 0.195. The summed E-state index contributed by atoms with van der Waals surface area (Å²) in [5, 5.41) is 6.54. The van der Waals surface area contributed by atoms with Crippen LogP contribution >= 0.6 is 0 Å². The van der Waals surface area contributed by atoms with Gasteiger partial charge in [-0.25, -0.2) is 4.99 Å². The average molecular weight is 263 g/mol. The van der Waals surface area contributed by atoms with Gasteiger partial charge in [-0.1, -0.05) is 29.8 Å². The third kappa shape index (κ3) is 6.82. The number of guanidine groups is 1. The summed E-state index contributed by atoms with van der Waals surface area (Å²) in [7, 11) is 1.72. The molecule has 0 aromatic heterocycles. The van der Waals surface area contributed by atoms with E-state index in [1.54, 1.807) is 7.11 Å². The van der Waals surface area contributed by atoms with Crippen LogP contribution in [0.25, 0.3) is 0 Å². The maximum absolute atomic E-state index is 5.03. The maximum atomic E-state index is 5.03. The van der Waals surface area contributed by atoms with Gasteiger partial charge in [0.2, 0.25) is 0 Å². The molecule has 0 aliphatic heterocycles. The SMILES string of the molecule is CCNC(=NCc1cccc(C)c1)NCCCOC. The quantitative estimate of drug-likeness (QED) is 0.450. The number of hydrogen-bond acceptors (Lipinski definition) is 2. The number of ether oxygens (including phenoxy) is 1. The Balaban J connectivity index is 2.47. The summed E-state index contributed by atoms with van der Waals surface area (Å²) >= 11 is 0. The molecule has 0 amide bonds. The Morgan fingerprint density at radius 2 is 2.16 bits per heavy atom. The van der Waals surface area contributed by atoms with Crippen LogP contribution in [0.4, 0.5) is 0 Å². The van der Waals surface area contributed by atoms with Gasteiger partial charge in [-0.05, 0) is 25.8 Å². The van der Waals surface area contributed by atoms with E-state index in [0.29, 0.717) is 6.54 Å². The molecule has 106 valence electrons. The van der Waals surface area contributed by atoms with Gasteiger partial charge in [0.15, 0.2) is 5.96 Å². The molecule has 0 atom stereocenters. The molecule has 0 radical (unpaired) electrons. The van der Waals surface area contributed by atoms with E-state index in [2.05, 4.69) is 53.7 Å². The van der Waals surface area contributed by atoms with Crippen molar-refractivity contribution in [1.82, 2.24) is 10.6 Å². The molecule has 1 rings (SSSR count). The molecule has 0 aliphatic rings. The van der Waals surface area contributed by atoms with Crippen molar-refractivity contribution >= 4 is 5.96 Å². The predicted molar refractivity (Wildman–Crippen MR) is 80.5 cm³/mol. The molecule has 19 heavy (non-hydrogen) atoms. The Morgan fingerprint density at radius 3 is 2.84 bits per heavy atom. The maximum Gasteiger partial charge on any atom is 0.191 e. The summed E-state index contributed by atoms with van der Waals surface area (Å²) in [6, 6.07) is 8.43. The van der Waals surface area contributed by atoms with Crippen molar-refractivity contribution < 1.29 is 4.74 Å². The van der Waals surface area contributed by atoms with E-state index in [1.807, 2.05) is 0 Å². The Labute approximate surface area is 116 Å². The molecule has 0 saturated carbocycles. The van der Waals surface area contributed by atoms with Gasteiger partial charge in [-0.3, -0.25) is 0 Å². The van der Waals surface area contributed by atoms with Crippen molar-refractivity contribution in [2.75, 3.05) is 26.8 Å². The number of nitrogens with zero attached hydrogens (tertiary/aromatic N) is 1. The highest BCUT2D eigenvalue weighted by Gasteiger charge is 1.97. The van der Waals surface area contributed by atoms with Crippen LogP contribution in [0.3, 0.4) is 0 Å². The molecular formula is C15H25N3O. The molecule has 0 heterocycles. The average Bonchev–Trinajstić information content (AvgIpc) is 2.41. The van der Waals surface area contributed by atoms with Gasteiger partial charge >= 0.3 is 0 Å². The Hall–Kier alpha value is -1.55. The normalized spacial score (nSPS) is 11.4. The highest BCUT2D eigenvalue weighted by Crippen LogP contribution is 2.04. The number of hydrogen-bond donors (Lipinski definition) is 2. The first-order valence-electron chi connectivity index (χ1n) is 6.83. The number of rotatable bonds is 7. The van der Waals surface area contributed by atoms with Crippen LogP contribution in [0.1, 0.15) is 24.5 Å². The van der Waals surface area contributed by atoms with Crippen LogP contribution in [0.5, 0.6) is 0 Å². The second-order valence-corrected chi connectivity index (χ2v) is 4.46. The van der Waals surface area contributed by atoms with Gasteiger partial charge in [-0.2, -0.15) is 0 Å². The fourth-order valence-corrected chi connectivity index (χ4v) is 1.75. The number of benzene rings is 1. The summed E-state index contributed by atoms with van der Waals surface area (Å²) in [6.07, 6.45) is 0.978. The predicted octanol–water partition coefficient (Wildman–Crippen LogP) is 2.09. The van der Waals surface area contributed by atoms with E-state index in [0.717, 1.165) is 32.1 Å². The zero-order valence-corrected chi connectivity index (χ0v) is 12.2. The molecule has 0 saturated heterocycles. The minimum absolute atomic E-state index is 0.696. The third-order valence-electron chi connectivity index (χ3n) is 2.66. The zero-order valence-electron chi connectivity index (χ0n) is 12.2. The lowest BCUT2D eigenvalue weighted by Gasteiger charge is -2.11. The fourth-order valence-electron chi connectivity index (χ4n) is 1.75. The van der Waals surface area contributed by atoms with Crippen LogP contribution in [-0.2, 0) is 11.3 Å². The summed E-state index contributed by atoms with van der Waals surface area (Å²) < 4.78 is 5.03. The van der Waals surface area contributed by atoms with Crippen molar-refractivity contribution in [2.24, 2.45) is 4.99 Å². The fraction of sp³-hybridized carbons (Fsp3) is 0.533. The minimum Gasteiger partial charge on any atom is -0.385 e. The first-order valence-corrected chi connectivity index (χ1v) is 6.83. The van der Waals surface area contributed by atoms with Crippen LogP contribution in [0.2, 0.25) is 0 Å². The van der Waals surface area contributed by atoms with Crippen molar-refractivity contribution in [2.45, 2.75) is 26.8 Å². The van der Waals surface area contributed by atoms with E-state index in [-0.39, 0.29) is 0 Å². The van der Waals surface area contributed by atoms with Crippen LogP contribution in [0.15, 0.2) is 29.3 Å². The van der Waals surface area contributed by atoms with Crippen molar-refractivity contribution in [3.63, 3.8) is 0 Å². The summed E-state index contributed by atoms with van der Waals surface area (Å²) in [6.45, 7) is 7.36. The first-order chi connectivity index (χ1) is 9.26. The molecule has 1 aromatic rings. The summed E-state index contributed by atoms with van der Waals surface area (Å²) in [4.78, 5) is 4.58. The van der Waals surface area contributed by atoms with E-state index in [4.69, 9.17) is 4.74 Å². The molecule has 4 heteroatoms. The Morgan fingerprint density at radius 1 is 1.32 bits per heavy atom. The molecule has 0 aliphatic carbocycles. The highest BCUT2D eigenvalue weighted by atomic mass is 16.5. The van der Waals surface area contributed by atoms with Gasteiger partial charge in [0, 0.05) is 26.8 Å². The molecule has 0 fully saturated rings. The van der Waals surface area contributed by atoms with Crippen LogP contribution < -0.4 is 10.6 Å². The second-order valence-electron chi connectivity index (χ2n) is 4.46. The smallest absolute Gasteiger partial charge is 0.191 e. The number of methoxy groups -OCH3 is 1. The zero-order chi connectivity index (χ0) is 13.9. The lowest BCUT2D eigenvalue weighted by Crippen LogP contribution is -2.38. The summed E-state index contributed by atoms with van der Waals surface area (Å²) in [5.41, 5.74) is 2.50. The van der Waals surface area contributed by atoms with Gasteiger partial charge in [0.25, 0.3) is 0 Å². The van der Waals surface area contributed by atoms with Crippen LogP contribution in [0, 0.1) is 6.92 Å². The van der Waals surface area contributed by atoms with Crippen molar-refractivity contribution in [3.8, 4) is 0 Å². The van der Waals surface area contributed by atoms with Crippen molar-refractivity contribution in [3.05, 3.63) is 35.4 Å². The van der Waals surface area contributed by atoms with Gasteiger partial charge in [-0.15, -0.1) is 0 Å². The van der Waals surface area contributed by atoms with Gasteiger partial charge < -0.3 is 15.4 Å². The highest BCUT2D eigenvalue weighted by molar-refractivity contribution is 5.79. The number of aryl methyl sites for hydroxylation is 1. The monoisotopic (exact) mass is 263 g/mol. The van der Waals surface area contributed by atoms with Crippen molar-refractivity contribution in [1.29, 1.82) is 0 Å². The molecule has 0 unspecified atom stereocenters. The van der Waals surface area contributed by atoms with E-state index < -0.39 is 0 Å². The molecular weight excluding hydrogens is 238 g/mol. The standard InChI is InChI=1S/C15H25N3O/c1-4-16-15(17-9-6-10-19-3)18-12-14-8-5-7-13(2)11-14/h5,7-8,11H,4,6,9-10,12H2,1-3H3,(H2,16,17,18). The largest absolute Gasteiger partial charge is 0.385 e. The number of nitrogens with one attached hydrogen (secondary N) is 2. The number of aliphatic imine (C=N–C) groups is 1. The van der Waals surface area contributed by atoms with E-state index >= 15 is 0 Å². The summed E-state index contributed by atoms with van der Waals surface area (Å²) in [5.74, 6) is 0.861. The first kappa shape index (κ1) is 15.5. The third-order valence-corrected chi connectivity index (χ3v) is 2.66.